The number of urea groups is 1. The van der Waals surface area contributed by atoms with E-state index >= 15 is 0 Å². The molecule has 2 aromatic heterocycles. The monoisotopic (exact) mass is 330 g/mol. The van der Waals surface area contributed by atoms with Crippen LogP contribution in [0.2, 0.25) is 0 Å². The number of nitrogens with zero attached hydrogens (tertiary/aromatic N) is 4. The van der Waals surface area contributed by atoms with E-state index in [4.69, 9.17) is 9.78 Å². The van der Waals surface area contributed by atoms with Gasteiger partial charge < -0.3 is 9.84 Å². The number of carbonyl (C=O) groups is 1. The normalized spacial score (nSPS) is 10.7. The van der Waals surface area contributed by atoms with Crippen molar-refractivity contribution in [3.8, 4) is 6.07 Å². The van der Waals surface area contributed by atoms with Gasteiger partial charge in [-0.15, -0.1) is 0 Å². The van der Waals surface area contributed by atoms with Crippen molar-refractivity contribution < 1.29 is 9.32 Å². The van der Waals surface area contributed by atoms with Crippen LogP contribution in [0, 0.1) is 11.3 Å². The van der Waals surface area contributed by atoms with Gasteiger partial charge in [0.2, 0.25) is 0 Å². The molecule has 0 aliphatic rings. The number of rotatable bonds is 6. The van der Waals surface area contributed by atoms with Gasteiger partial charge in [-0.1, -0.05) is 19.0 Å². The summed E-state index contributed by atoms with van der Waals surface area (Å²) >= 11 is 0. The molecule has 2 N–H and O–H groups in total. The Kier molecular flexibility index (Phi) is 5.58. The maximum Gasteiger partial charge on any atom is 0.320 e. The van der Waals surface area contributed by atoms with Crippen molar-refractivity contribution in [3.63, 3.8) is 0 Å². The Hall–Kier alpha value is -2.82. The van der Waals surface area contributed by atoms with E-state index in [-0.39, 0.29) is 11.9 Å². The molecule has 2 heterocycles. The molecular weight excluding hydrogens is 308 g/mol. The molecule has 2 rings (SSSR count). The van der Waals surface area contributed by atoms with E-state index in [0.717, 1.165) is 23.4 Å². The maximum absolute atomic E-state index is 12.1. The first kappa shape index (κ1) is 17.5. The van der Waals surface area contributed by atoms with Gasteiger partial charge in [0.25, 0.3) is 0 Å². The van der Waals surface area contributed by atoms with Crippen LogP contribution in [0.5, 0.6) is 0 Å². The van der Waals surface area contributed by atoms with Gasteiger partial charge in [0, 0.05) is 30.8 Å². The van der Waals surface area contributed by atoms with Crippen LogP contribution in [-0.4, -0.2) is 21.0 Å². The van der Waals surface area contributed by atoms with E-state index in [1.165, 1.54) is 0 Å². The first-order chi connectivity index (χ1) is 11.5. The molecule has 0 saturated heterocycles. The van der Waals surface area contributed by atoms with Gasteiger partial charge in [-0.2, -0.15) is 10.4 Å². The molecule has 24 heavy (non-hydrogen) atoms. The number of hydrogen-bond donors (Lipinski definition) is 2. The SMILES string of the molecule is CCc1noc(CC)c1CNC(=O)Nc1nn(C(C)C)cc1C#N. The van der Waals surface area contributed by atoms with E-state index in [9.17, 15) is 4.79 Å². The zero-order chi connectivity index (χ0) is 17.7. The Balaban J connectivity index is 2.04. The summed E-state index contributed by atoms with van der Waals surface area (Å²) in [5.74, 6) is 1.02. The third kappa shape index (κ3) is 3.74. The Morgan fingerprint density at radius 3 is 2.75 bits per heavy atom. The summed E-state index contributed by atoms with van der Waals surface area (Å²) in [4.78, 5) is 12.1. The molecule has 0 fully saturated rings. The van der Waals surface area contributed by atoms with Gasteiger partial charge in [-0.3, -0.25) is 10.00 Å². The molecule has 0 aromatic carbocycles. The quantitative estimate of drug-likeness (QED) is 0.846. The fourth-order valence-electron chi connectivity index (χ4n) is 2.29. The summed E-state index contributed by atoms with van der Waals surface area (Å²) < 4.78 is 6.91. The molecule has 0 radical (unpaired) electrons. The van der Waals surface area contributed by atoms with E-state index in [1.54, 1.807) is 10.9 Å². The number of carbonyl (C=O) groups excluding carboxylic acids is 1. The zero-order valence-electron chi connectivity index (χ0n) is 14.4. The standard InChI is InChI=1S/C16H22N6O2/c1-5-13-12(14(6-2)24-21-13)8-18-16(23)19-15-11(7-17)9-22(20-15)10(3)4/h9-10H,5-6,8H2,1-4H3,(H2,18,19,20,23). The molecule has 8 nitrogen and oxygen atoms in total. The summed E-state index contributed by atoms with van der Waals surface area (Å²) in [6, 6.07) is 1.71. The second kappa shape index (κ2) is 7.64. The first-order valence-corrected chi connectivity index (χ1v) is 8.00. The molecule has 0 atom stereocenters. The zero-order valence-corrected chi connectivity index (χ0v) is 14.4. The van der Waals surface area contributed by atoms with Crippen LogP contribution >= 0.6 is 0 Å². The molecular formula is C16H22N6O2. The summed E-state index contributed by atoms with van der Waals surface area (Å²) in [6.07, 6.45) is 3.06. The molecule has 0 aliphatic carbocycles. The maximum atomic E-state index is 12.1. The Morgan fingerprint density at radius 1 is 1.42 bits per heavy atom. The van der Waals surface area contributed by atoms with Crippen LogP contribution in [0.1, 0.15) is 56.3 Å². The lowest BCUT2D eigenvalue weighted by atomic mass is 10.1. The summed E-state index contributed by atoms with van der Waals surface area (Å²) in [5.41, 5.74) is 2.07. The van der Waals surface area contributed by atoms with Gasteiger partial charge in [-0.05, 0) is 20.3 Å². The third-order valence-corrected chi connectivity index (χ3v) is 3.65. The minimum absolute atomic E-state index is 0.104. The lowest BCUT2D eigenvalue weighted by molar-refractivity contribution is 0.251. The first-order valence-electron chi connectivity index (χ1n) is 8.00. The number of amides is 2. The van der Waals surface area contributed by atoms with Crippen LogP contribution in [0.4, 0.5) is 10.6 Å². The third-order valence-electron chi connectivity index (χ3n) is 3.65. The minimum Gasteiger partial charge on any atom is -0.361 e. The second-order valence-corrected chi connectivity index (χ2v) is 5.62. The van der Waals surface area contributed by atoms with Crippen molar-refractivity contribution >= 4 is 11.8 Å². The molecule has 2 aromatic rings. The van der Waals surface area contributed by atoms with Crippen molar-refractivity contribution in [3.05, 3.63) is 28.8 Å². The van der Waals surface area contributed by atoms with E-state index in [1.807, 2.05) is 33.8 Å². The highest BCUT2D eigenvalue weighted by Crippen LogP contribution is 2.17. The van der Waals surface area contributed by atoms with Gasteiger partial charge in [0.15, 0.2) is 5.82 Å². The Labute approximate surface area is 140 Å². The fourth-order valence-corrected chi connectivity index (χ4v) is 2.29. The highest BCUT2D eigenvalue weighted by molar-refractivity contribution is 5.89. The molecule has 0 spiro atoms. The van der Waals surface area contributed by atoms with E-state index < -0.39 is 6.03 Å². The van der Waals surface area contributed by atoms with Crippen molar-refractivity contribution in [1.82, 2.24) is 20.3 Å². The lowest BCUT2D eigenvalue weighted by Gasteiger charge is -2.07. The number of anilines is 1. The smallest absolute Gasteiger partial charge is 0.320 e. The van der Waals surface area contributed by atoms with Crippen molar-refractivity contribution in [2.45, 2.75) is 53.1 Å². The molecule has 128 valence electrons. The van der Waals surface area contributed by atoms with Crippen LogP contribution in [0.25, 0.3) is 0 Å². The molecule has 0 aliphatic heterocycles. The van der Waals surface area contributed by atoms with Crippen LogP contribution in [0.15, 0.2) is 10.7 Å². The van der Waals surface area contributed by atoms with Crippen molar-refractivity contribution in [2.75, 3.05) is 5.32 Å². The number of hydrogen-bond acceptors (Lipinski definition) is 5. The molecule has 2 amide bonds. The highest BCUT2D eigenvalue weighted by atomic mass is 16.5. The van der Waals surface area contributed by atoms with E-state index in [0.29, 0.717) is 18.5 Å². The van der Waals surface area contributed by atoms with Crippen LogP contribution in [-0.2, 0) is 19.4 Å². The Bertz CT molecular complexity index is 732. The molecule has 0 saturated carbocycles. The average Bonchev–Trinajstić information content (AvgIpc) is 3.15. The minimum atomic E-state index is -0.425. The predicted octanol–water partition coefficient (Wildman–Crippen LogP) is 2.77. The number of aromatic nitrogens is 3. The van der Waals surface area contributed by atoms with Crippen LogP contribution in [0.3, 0.4) is 0 Å². The second-order valence-electron chi connectivity index (χ2n) is 5.62. The average molecular weight is 330 g/mol. The largest absolute Gasteiger partial charge is 0.361 e. The highest BCUT2D eigenvalue weighted by Gasteiger charge is 2.16. The van der Waals surface area contributed by atoms with Gasteiger partial charge in [0.1, 0.15) is 17.4 Å². The van der Waals surface area contributed by atoms with Gasteiger partial charge in [-0.25, -0.2) is 4.79 Å². The van der Waals surface area contributed by atoms with Crippen molar-refractivity contribution in [1.29, 1.82) is 5.26 Å². The molecule has 0 unspecified atom stereocenters. The lowest BCUT2D eigenvalue weighted by Crippen LogP contribution is -2.29. The number of nitrogens with one attached hydrogen (secondary N) is 2. The van der Waals surface area contributed by atoms with Crippen LogP contribution < -0.4 is 10.6 Å². The predicted molar refractivity (Wildman–Crippen MR) is 88.4 cm³/mol. The number of aryl methyl sites for hydroxylation is 2. The summed E-state index contributed by atoms with van der Waals surface area (Å²) in [6.45, 7) is 8.17. The van der Waals surface area contributed by atoms with Crippen molar-refractivity contribution in [2.24, 2.45) is 0 Å². The topological polar surface area (TPSA) is 109 Å². The Morgan fingerprint density at radius 2 is 2.17 bits per heavy atom. The molecule has 8 heteroatoms. The fraction of sp³-hybridized carbons (Fsp3) is 0.500. The summed E-state index contributed by atoms with van der Waals surface area (Å²) in [7, 11) is 0. The number of nitriles is 1. The van der Waals surface area contributed by atoms with Gasteiger partial charge >= 0.3 is 6.03 Å². The molecule has 0 bridgehead atoms. The van der Waals surface area contributed by atoms with Gasteiger partial charge in [0.05, 0.1) is 5.69 Å². The summed E-state index contributed by atoms with van der Waals surface area (Å²) in [5, 5.41) is 22.8. The van der Waals surface area contributed by atoms with E-state index in [2.05, 4.69) is 20.9 Å².